The summed E-state index contributed by atoms with van der Waals surface area (Å²) in [6.07, 6.45) is 0.850. The van der Waals surface area contributed by atoms with Crippen LogP contribution >= 0.6 is 11.3 Å². The van der Waals surface area contributed by atoms with Gasteiger partial charge < -0.3 is 5.73 Å². The highest BCUT2D eigenvalue weighted by Crippen LogP contribution is 2.26. The van der Waals surface area contributed by atoms with Gasteiger partial charge in [0.1, 0.15) is 5.82 Å². The van der Waals surface area contributed by atoms with Gasteiger partial charge in [0.15, 0.2) is 0 Å². The molecular weight excluding hydrogens is 227 g/mol. The molecule has 0 bridgehead atoms. The molecular formula is C11H13FN2OS. The molecule has 1 heterocycles. The van der Waals surface area contributed by atoms with Crippen molar-refractivity contribution in [1.82, 2.24) is 4.57 Å². The molecule has 2 rings (SSSR count). The summed E-state index contributed by atoms with van der Waals surface area (Å²) in [4.78, 5) is 11.7. The first-order chi connectivity index (χ1) is 7.54. The van der Waals surface area contributed by atoms with Gasteiger partial charge in [-0.1, -0.05) is 18.3 Å². The van der Waals surface area contributed by atoms with E-state index in [1.807, 2.05) is 13.8 Å². The summed E-state index contributed by atoms with van der Waals surface area (Å²) in [7, 11) is 0. The molecule has 2 N–H and O–H groups in total. The average molecular weight is 240 g/mol. The van der Waals surface area contributed by atoms with Crippen LogP contribution in [0.2, 0.25) is 0 Å². The summed E-state index contributed by atoms with van der Waals surface area (Å²) >= 11 is 1.06. The van der Waals surface area contributed by atoms with E-state index in [1.54, 1.807) is 4.57 Å². The minimum atomic E-state index is -0.468. The quantitative estimate of drug-likeness (QED) is 0.820. The third kappa shape index (κ3) is 1.61. The average Bonchev–Trinajstić information content (AvgIpc) is 2.54. The Morgan fingerprint density at radius 3 is 2.88 bits per heavy atom. The van der Waals surface area contributed by atoms with Crippen molar-refractivity contribution in [3.63, 3.8) is 0 Å². The molecule has 1 aromatic heterocycles. The summed E-state index contributed by atoms with van der Waals surface area (Å²) in [6, 6.07) is 2.97. The van der Waals surface area contributed by atoms with Crippen molar-refractivity contribution in [1.29, 1.82) is 0 Å². The Kier molecular flexibility index (Phi) is 2.71. The first-order valence-electron chi connectivity index (χ1n) is 5.14. The minimum Gasteiger partial charge on any atom is -0.396 e. The van der Waals surface area contributed by atoms with Crippen LogP contribution in [0.3, 0.4) is 0 Å². The third-order valence-electron chi connectivity index (χ3n) is 2.76. The van der Waals surface area contributed by atoms with Gasteiger partial charge in [-0.15, -0.1) is 0 Å². The molecule has 1 unspecified atom stereocenters. The molecule has 0 aliphatic rings. The standard InChI is InChI=1S/C11H13FN2OS/c1-3-6(2)14-9-5-8(13)7(12)4-10(9)16-11(14)15/h4-6H,3,13H2,1-2H3. The molecule has 0 amide bonds. The second-order valence-electron chi connectivity index (χ2n) is 3.84. The topological polar surface area (TPSA) is 48.0 Å². The number of rotatable bonds is 2. The van der Waals surface area contributed by atoms with Crippen molar-refractivity contribution >= 4 is 27.2 Å². The molecule has 0 aliphatic heterocycles. The maximum Gasteiger partial charge on any atom is 0.308 e. The Morgan fingerprint density at radius 1 is 1.56 bits per heavy atom. The lowest BCUT2D eigenvalue weighted by molar-refractivity contribution is 0.539. The Bertz CT molecular complexity index is 587. The van der Waals surface area contributed by atoms with E-state index in [-0.39, 0.29) is 16.6 Å². The fourth-order valence-electron chi connectivity index (χ4n) is 1.67. The first kappa shape index (κ1) is 11.1. The number of nitrogens with zero attached hydrogens (tertiary/aromatic N) is 1. The van der Waals surface area contributed by atoms with Gasteiger partial charge in [-0.25, -0.2) is 4.39 Å². The molecule has 0 saturated heterocycles. The lowest BCUT2D eigenvalue weighted by Crippen LogP contribution is -2.16. The molecule has 3 nitrogen and oxygen atoms in total. The number of benzene rings is 1. The number of nitrogens with two attached hydrogens (primary N) is 1. The molecule has 16 heavy (non-hydrogen) atoms. The monoisotopic (exact) mass is 240 g/mol. The minimum absolute atomic E-state index is 0.0608. The normalized spacial score (nSPS) is 13.2. The molecule has 86 valence electrons. The predicted octanol–water partition coefficient (Wildman–Crippen LogP) is 2.76. The molecule has 0 saturated carbocycles. The van der Waals surface area contributed by atoms with Crippen molar-refractivity contribution in [2.45, 2.75) is 26.3 Å². The van der Waals surface area contributed by atoms with E-state index >= 15 is 0 Å². The number of thiazole rings is 1. The third-order valence-corrected chi connectivity index (χ3v) is 3.68. The van der Waals surface area contributed by atoms with Crippen LogP contribution in [0.4, 0.5) is 10.1 Å². The van der Waals surface area contributed by atoms with Crippen LogP contribution in [0.15, 0.2) is 16.9 Å². The van der Waals surface area contributed by atoms with Crippen LogP contribution < -0.4 is 10.6 Å². The van der Waals surface area contributed by atoms with Gasteiger partial charge in [0.2, 0.25) is 0 Å². The maximum atomic E-state index is 13.2. The van der Waals surface area contributed by atoms with Crippen molar-refractivity contribution in [2.75, 3.05) is 5.73 Å². The predicted molar refractivity (Wildman–Crippen MR) is 65.5 cm³/mol. The van der Waals surface area contributed by atoms with Crippen LogP contribution in [-0.2, 0) is 0 Å². The van der Waals surface area contributed by atoms with Gasteiger partial charge in [-0.2, -0.15) is 0 Å². The van der Waals surface area contributed by atoms with E-state index in [2.05, 4.69) is 0 Å². The molecule has 0 spiro atoms. The van der Waals surface area contributed by atoms with E-state index in [1.165, 1.54) is 12.1 Å². The number of hydrogen-bond donors (Lipinski definition) is 1. The van der Waals surface area contributed by atoms with E-state index < -0.39 is 5.82 Å². The first-order valence-corrected chi connectivity index (χ1v) is 5.96. The zero-order chi connectivity index (χ0) is 11.9. The summed E-state index contributed by atoms with van der Waals surface area (Å²) < 4.78 is 15.6. The van der Waals surface area contributed by atoms with E-state index in [4.69, 9.17) is 5.73 Å². The highest BCUT2D eigenvalue weighted by molar-refractivity contribution is 7.16. The molecule has 0 radical (unpaired) electrons. The van der Waals surface area contributed by atoms with Gasteiger partial charge in [0.25, 0.3) is 0 Å². The number of aromatic nitrogens is 1. The van der Waals surface area contributed by atoms with E-state index in [9.17, 15) is 9.18 Å². The van der Waals surface area contributed by atoms with E-state index in [0.29, 0.717) is 4.70 Å². The van der Waals surface area contributed by atoms with Crippen molar-refractivity contribution in [3.8, 4) is 0 Å². The molecule has 0 aliphatic carbocycles. The second-order valence-corrected chi connectivity index (χ2v) is 4.83. The highest BCUT2D eigenvalue weighted by atomic mass is 32.1. The van der Waals surface area contributed by atoms with Gasteiger partial charge in [0, 0.05) is 6.04 Å². The van der Waals surface area contributed by atoms with Crippen molar-refractivity contribution in [3.05, 3.63) is 27.6 Å². The van der Waals surface area contributed by atoms with Gasteiger partial charge >= 0.3 is 4.87 Å². The maximum absolute atomic E-state index is 13.2. The largest absolute Gasteiger partial charge is 0.396 e. The summed E-state index contributed by atoms with van der Waals surface area (Å²) in [5.41, 5.74) is 6.33. The fourth-order valence-corrected chi connectivity index (χ4v) is 2.66. The van der Waals surface area contributed by atoms with E-state index in [0.717, 1.165) is 23.3 Å². The van der Waals surface area contributed by atoms with Crippen molar-refractivity contribution in [2.24, 2.45) is 0 Å². The van der Waals surface area contributed by atoms with Crippen LogP contribution in [0, 0.1) is 5.82 Å². The van der Waals surface area contributed by atoms with Gasteiger partial charge in [0.05, 0.1) is 15.9 Å². The Balaban J connectivity index is 2.79. The zero-order valence-corrected chi connectivity index (χ0v) is 9.97. The van der Waals surface area contributed by atoms with Crippen LogP contribution in [0.1, 0.15) is 26.3 Å². The Morgan fingerprint density at radius 2 is 2.25 bits per heavy atom. The number of nitrogen functional groups attached to an aromatic ring is 1. The Labute approximate surface area is 96.3 Å². The van der Waals surface area contributed by atoms with Crippen LogP contribution in [0.5, 0.6) is 0 Å². The lowest BCUT2D eigenvalue weighted by atomic mass is 10.2. The molecule has 1 atom stereocenters. The SMILES string of the molecule is CCC(C)n1c(=O)sc2cc(F)c(N)cc21. The lowest BCUT2D eigenvalue weighted by Gasteiger charge is -2.11. The van der Waals surface area contributed by atoms with Crippen LogP contribution in [-0.4, -0.2) is 4.57 Å². The molecule has 0 fully saturated rings. The highest BCUT2D eigenvalue weighted by Gasteiger charge is 2.14. The molecule has 5 heteroatoms. The smallest absolute Gasteiger partial charge is 0.308 e. The number of anilines is 1. The van der Waals surface area contributed by atoms with Crippen molar-refractivity contribution < 1.29 is 4.39 Å². The zero-order valence-electron chi connectivity index (χ0n) is 9.16. The Hall–Kier alpha value is -1.36. The van der Waals surface area contributed by atoms with Gasteiger partial charge in [-0.3, -0.25) is 9.36 Å². The summed E-state index contributed by atoms with van der Waals surface area (Å²) in [5.74, 6) is -0.468. The summed E-state index contributed by atoms with van der Waals surface area (Å²) in [6.45, 7) is 3.97. The summed E-state index contributed by atoms with van der Waals surface area (Å²) in [5, 5.41) is 0. The molecule has 1 aromatic carbocycles. The number of halogens is 1. The molecule has 2 aromatic rings. The van der Waals surface area contributed by atoms with Gasteiger partial charge in [-0.05, 0) is 25.5 Å². The number of fused-ring (bicyclic) bond motifs is 1. The number of hydrogen-bond acceptors (Lipinski definition) is 3. The fraction of sp³-hybridized carbons (Fsp3) is 0.364. The van der Waals surface area contributed by atoms with Crippen LogP contribution in [0.25, 0.3) is 10.2 Å². The second kappa shape index (κ2) is 3.90.